The quantitative estimate of drug-likeness (QED) is 0.172. The maximum absolute atomic E-state index is 6.78. The van der Waals surface area contributed by atoms with Crippen molar-refractivity contribution in [3.63, 3.8) is 0 Å². The summed E-state index contributed by atoms with van der Waals surface area (Å²) in [5, 5.41) is 5.07. The lowest BCUT2D eigenvalue weighted by molar-refractivity contribution is 0.488. The Morgan fingerprint density at radius 2 is 0.981 bits per heavy atom. The average Bonchev–Trinajstić information content (AvgIpc) is 3.74. The van der Waals surface area contributed by atoms with E-state index in [0.29, 0.717) is 0 Å². The second-order valence-electron chi connectivity index (χ2n) is 14.0. The van der Waals surface area contributed by atoms with Gasteiger partial charge in [0, 0.05) is 37.8 Å². The Morgan fingerprint density at radius 3 is 1.62 bits per heavy atom. The molecule has 12 rings (SSSR count). The number of hydrogen-bond donors (Lipinski definition) is 0. The van der Waals surface area contributed by atoms with Gasteiger partial charge >= 0.3 is 0 Å². The summed E-state index contributed by atoms with van der Waals surface area (Å²) in [6, 6.07) is 64.0. The van der Waals surface area contributed by atoms with Crippen LogP contribution < -0.4 is 15.7 Å². The first-order chi connectivity index (χ1) is 26.3. The maximum Gasteiger partial charge on any atom is 0.289 e. The molecule has 0 bridgehead atoms. The van der Waals surface area contributed by atoms with Gasteiger partial charge in [0.2, 0.25) is 0 Å². The zero-order valence-electron chi connectivity index (χ0n) is 28.5. The molecule has 2 aliphatic heterocycles. The molecule has 0 atom stereocenters. The third-order valence-electron chi connectivity index (χ3n) is 11.2. The van der Waals surface area contributed by atoms with Crippen molar-refractivity contribution in [2.45, 2.75) is 4.90 Å². The Kier molecular flexibility index (Phi) is 6.08. The second kappa shape index (κ2) is 11.0. The van der Waals surface area contributed by atoms with Crippen LogP contribution in [0.25, 0.3) is 77.2 Å². The SMILES string of the molecule is c1cc(-c2cc3c4c(c2)-c2ccc(-n5c6ccccc6c6ccccc65)cc2SB4c2ccccc2O3)cc(-n2c3ccccc3c3ccccc32)c1. The van der Waals surface area contributed by atoms with Crippen LogP contribution in [0, 0.1) is 0 Å². The van der Waals surface area contributed by atoms with Crippen LogP contribution in [-0.4, -0.2) is 15.1 Å². The van der Waals surface area contributed by atoms with Crippen molar-refractivity contribution in [2.75, 3.05) is 0 Å². The van der Waals surface area contributed by atoms with E-state index in [-0.39, 0.29) is 5.99 Å². The van der Waals surface area contributed by atoms with Crippen LogP contribution in [0.5, 0.6) is 11.5 Å². The van der Waals surface area contributed by atoms with E-state index in [1.165, 1.54) is 76.2 Å². The minimum absolute atomic E-state index is 0.129. The molecule has 246 valence electrons. The van der Waals surface area contributed by atoms with Gasteiger partial charge in [-0.15, -0.1) is 0 Å². The molecule has 0 aliphatic carbocycles. The standard InChI is InChI=1S/C48H29BN2OS/c1-6-19-41-34(14-1)35-15-2-7-20-42(35)50(41)32-13-11-12-30(26-32)31-27-39-38-25-24-33(51-43-21-8-3-16-36(43)37-17-4-9-22-44(37)51)29-47(38)53-49-40-18-5-10-23-45(40)52-46(28-31)48(39)49/h1-29H. The maximum atomic E-state index is 6.78. The lowest BCUT2D eigenvalue weighted by atomic mass is 9.57. The van der Waals surface area contributed by atoms with Gasteiger partial charge in [0.15, 0.2) is 0 Å². The van der Waals surface area contributed by atoms with Crippen LogP contribution in [0.3, 0.4) is 0 Å². The van der Waals surface area contributed by atoms with E-state index < -0.39 is 0 Å². The van der Waals surface area contributed by atoms with E-state index in [1.807, 2.05) is 11.6 Å². The molecule has 5 heteroatoms. The molecule has 53 heavy (non-hydrogen) atoms. The first-order valence-electron chi connectivity index (χ1n) is 18.1. The molecule has 10 aromatic rings. The molecule has 2 aromatic heterocycles. The lowest BCUT2D eigenvalue weighted by Crippen LogP contribution is -2.46. The van der Waals surface area contributed by atoms with Gasteiger partial charge in [-0.05, 0) is 99.9 Å². The summed E-state index contributed by atoms with van der Waals surface area (Å²) in [5.74, 6) is 2.00. The predicted octanol–water partition coefficient (Wildman–Crippen LogP) is 11.5. The van der Waals surface area contributed by atoms with Crippen molar-refractivity contribution in [1.29, 1.82) is 0 Å². The molecule has 0 saturated carbocycles. The number of nitrogens with zero attached hydrogens (tertiary/aromatic N) is 2. The third kappa shape index (κ3) is 4.20. The van der Waals surface area contributed by atoms with E-state index in [2.05, 4.69) is 185 Å². The highest BCUT2D eigenvalue weighted by molar-refractivity contribution is 8.28. The van der Waals surface area contributed by atoms with Crippen molar-refractivity contribution >= 4 is 72.1 Å². The minimum atomic E-state index is 0.129. The molecule has 0 fully saturated rings. The van der Waals surface area contributed by atoms with Crippen molar-refractivity contribution < 1.29 is 4.74 Å². The molecule has 4 heterocycles. The minimum Gasteiger partial charge on any atom is -0.458 e. The Labute approximate surface area is 310 Å². The average molecular weight is 693 g/mol. The molecular weight excluding hydrogens is 663 g/mol. The number of benzene rings is 8. The van der Waals surface area contributed by atoms with E-state index in [1.54, 1.807) is 0 Å². The van der Waals surface area contributed by atoms with Crippen molar-refractivity contribution in [1.82, 2.24) is 9.13 Å². The summed E-state index contributed by atoms with van der Waals surface area (Å²) >= 11 is 1.94. The summed E-state index contributed by atoms with van der Waals surface area (Å²) in [7, 11) is 0. The Bertz CT molecular complexity index is 3050. The highest BCUT2D eigenvalue weighted by Crippen LogP contribution is 2.46. The first-order valence-corrected chi connectivity index (χ1v) is 19.0. The van der Waals surface area contributed by atoms with E-state index in [9.17, 15) is 0 Å². The van der Waals surface area contributed by atoms with E-state index >= 15 is 0 Å². The van der Waals surface area contributed by atoms with Gasteiger partial charge in [-0.1, -0.05) is 109 Å². The molecule has 0 radical (unpaired) electrons. The van der Waals surface area contributed by atoms with Crippen molar-refractivity contribution in [2.24, 2.45) is 0 Å². The van der Waals surface area contributed by atoms with Gasteiger partial charge in [-0.25, -0.2) is 0 Å². The molecule has 0 saturated heterocycles. The number of aromatic nitrogens is 2. The zero-order valence-corrected chi connectivity index (χ0v) is 29.3. The van der Waals surface area contributed by atoms with Gasteiger partial charge in [0.1, 0.15) is 11.5 Å². The summed E-state index contributed by atoms with van der Waals surface area (Å²) in [6.07, 6.45) is 0. The second-order valence-corrected chi connectivity index (χ2v) is 15.2. The normalized spacial score (nSPS) is 12.9. The molecule has 0 spiro atoms. The molecule has 0 N–H and O–H groups in total. The Morgan fingerprint density at radius 1 is 0.415 bits per heavy atom. The number of rotatable bonds is 3. The molecule has 3 nitrogen and oxygen atoms in total. The highest BCUT2D eigenvalue weighted by atomic mass is 32.2. The largest absolute Gasteiger partial charge is 0.458 e. The molecule has 2 aliphatic rings. The van der Waals surface area contributed by atoms with Crippen LogP contribution >= 0.6 is 11.6 Å². The van der Waals surface area contributed by atoms with Gasteiger partial charge < -0.3 is 13.9 Å². The van der Waals surface area contributed by atoms with Gasteiger partial charge in [0.05, 0.1) is 22.1 Å². The van der Waals surface area contributed by atoms with Crippen LogP contribution in [0.4, 0.5) is 0 Å². The first kappa shape index (κ1) is 29.2. The monoisotopic (exact) mass is 692 g/mol. The summed E-state index contributed by atoms with van der Waals surface area (Å²) in [5.41, 5.74) is 14.4. The molecule has 8 aromatic carbocycles. The highest BCUT2D eigenvalue weighted by Gasteiger charge is 2.39. The predicted molar refractivity (Wildman–Crippen MR) is 223 cm³/mol. The lowest BCUT2D eigenvalue weighted by Gasteiger charge is -2.33. The van der Waals surface area contributed by atoms with Crippen molar-refractivity contribution in [3.8, 4) is 45.1 Å². The number of hydrogen-bond acceptors (Lipinski definition) is 2. The van der Waals surface area contributed by atoms with Crippen LogP contribution in [0.2, 0.25) is 0 Å². The Hall–Kier alpha value is -6.43. The topological polar surface area (TPSA) is 19.1 Å². The van der Waals surface area contributed by atoms with Crippen molar-refractivity contribution in [3.05, 3.63) is 176 Å². The van der Waals surface area contributed by atoms with Gasteiger partial charge in [-0.3, -0.25) is 0 Å². The smallest absolute Gasteiger partial charge is 0.289 e. The van der Waals surface area contributed by atoms with Crippen LogP contribution in [0.15, 0.2) is 181 Å². The molecule has 0 amide bonds. The van der Waals surface area contributed by atoms with Crippen LogP contribution in [0.1, 0.15) is 0 Å². The fourth-order valence-corrected chi connectivity index (χ4v) is 10.3. The van der Waals surface area contributed by atoms with E-state index in [0.717, 1.165) is 28.3 Å². The molecule has 0 unspecified atom stereocenters. The van der Waals surface area contributed by atoms with Gasteiger partial charge in [0.25, 0.3) is 5.99 Å². The number of ether oxygens (including phenoxy) is 1. The summed E-state index contributed by atoms with van der Waals surface area (Å²) in [6.45, 7) is 0. The third-order valence-corrected chi connectivity index (χ3v) is 12.5. The number of fused-ring (bicyclic) bond motifs is 10. The zero-order chi connectivity index (χ0) is 34.6. The number of para-hydroxylation sites is 5. The summed E-state index contributed by atoms with van der Waals surface area (Å²) in [4.78, 5) is 1.28. The van der Waals surface area contributed by atoms with Crippen LogP contribution in [-0.2, 0) is 0 Å². The van der Waals surface area contributed by atoms with E-state index in [4.69, 9.17) is 4.74 Å². The fourth-order valence-electron chi connectivity index (χ4n) is 8.88. The fraction of sp³-hybridized carbons (Fsp3) is 0. The van der Waals surface area contributed by atoms with Gasteiger partial charge in [-0.2, -0.15) is 11.6 Å². The molecular formula is C48H29BN2OS. The summed E-state index contributed by atoms with van der Waals surface area (Å²) < 4.78 is 11.6. The Balaban J connectivity index is 1.06.